The first-order valence-electron chi connectivity index (χ1n) is 2.69. The van der Waals surface area contributed by atoms with E-state index in [0.717, 1.165) is 0 Å². The zero-order valence-corrected chi connectivity index (χ0v) is 5.96. The van der Waals surface area contributed by atoms with Gasteiger partial charge in [-0.05, 0) is 0 Å². The first-order valence-corrected chi connectivity index (χ1v) is 2.69. The molecule has 0 aliphatic carbocycles. The minimum atomic E-state index is -1.29. The van der Waals surface area contributed by atoms with E-state index in [-0.39, 0.29) is 4.48 Å². The number of likely N-dealkylation sites (N-methyl/N-ethyl adjacent to an activating group) is 1. The highest BCUT2D eigenvalue weighted by atomic mass is 16.4. The molecule has 0 aliphatic rings. The van der Waals surface area contributed by atoms with Gasteiger partial charge in [0, 0.05) is 0 Å². The summed E-state index contributed by atoms with van der Waals surface area (Å²) < 4.78 is -0.387. The molecule has 2 amide bonds. The normalized spacial score (nSPS) is 11.0. The molecule has 0 aromatic heterocycles. The lowest BCUT2D eigenvalue weighted by molar-refractivity contribution is -0.802. The van der Waals surface area contributed by atoms with E-state index in [2.05, 4.69) is 0 Å². The van der Waals surface area contributed by atoms with Gasteiger partial charge in [-0.3, -0.25) is 0 Å². The number of quaternary nitrogens is 1. The highest BCUT2D eigenvalue weighted by Crippen LogP contribution is 1.93. The van der Waals surface area contributed by atoms with Crippen molar-refractivity contribution >= 4 is 12.0 Å². The first-order chi connectivity index (χ1) is 4.36. The van der Waals surface area contributed by atoms with Gasteiger partial charge in [-0.25, -0.2) is 9.28 Å². The van der Waals surface area contributed by atoms with Gasteiger partial charge in [0.15, 0.2) is 0 Å². The van der Waals surface area contributed by atoms with Crippen LogP contribution in [0.25, 0.3) is 0 Å². The molecule has 0 aromatic carbocycles. The van der Waals surface area contributed by atoms with Crippen LogP contribution in [-0.4, -0.2) is 37.1 Å². The predicted octanol–water partition coefficient (Wildman–Crippen LogP) is -2.11. The van der Waals surface area contributed by atoms with Crippen molar-refractivity contribution in [1.29, 1.82) is 0 Å². The van der Waals surface area contributed by atoms with Gasteiger partial charge in [0.2, 0.25) is 0 Å². The van der Waals surface area contributed by atoms with E-state index in [9.17, 15) is 14.7 Å². The fourth-order valence-corrected chi connectivity index (χ4v) is 0.401. The number of primary amides is 1. The average molecular weight is 146 g/mol. The Bertz CT molecular complexity index is 164. The molecule has 0 aliphatic heterocycles. The molecule has 0 rings (SSSR count). The molecule has 58 valence electrons. The number of nitrogens with two attached hydrogens (primary N) is 1. The Morgan fingerprint density at radius 3 is 2.00 bits per heavy atom. The topological polar surface area (TPSA) is 83.2 Å². The molecular formula is C5H10N2O3. The molecule has 0 saturated carbocycles. The van der Waals surface area contributed by atoms with E-state index < -0.39 is 18.5 Å². The SMILES string of the molecule is C[N+](C)(CC(=O)[O-])C(N)=O. The third-order valence-electron chi connectivity index (χ3n) is 1.12. The van der Waals surface area contributed by atoms with Gasteiger partial charge in [-0.1, -0.05) is 0 Å². The highest BCUT2D eigenvalue weighted by molar-refractivity contribution is 5.71. The van der Waals surface area contributed by atoms with E-state index in [4.69, 9.17) is 5.73 Å². The van der Waals surface area contributed by atoms with Gasteiger partial charge in [0.05, 0.1) is 20.1 Å². The fraction of sp³-hybridized carbons (Fsp3) is 0.600. The van der Waals surface area contributed by atoms with E-state index >= 15 is 0 Å². The van der Waals surface area contributed by atoms with Crippen LogP contribution in [-0.2, 0) is 4.79 Å². The number of carbonyl (C=O) groups excluding carboxylic acids is 2. The maximum absolute atomic E-state index is 10.5. The zero-order valence-electron chi connectivity index (χ0n) is 5.96. The van der Waals surface area contributed by atoms with Crippen LogP contribution in [0.2, 0.25) is 0 Å². The summed E-state index contributed by atoms with van der Waals surface area (Å²) in [5.41, 5.74) is 4.86. The van der Waals surface area contributed by atoms with Crippen molar-refractivity contribution in [1.82, 2.24) is 0 Å². The Balaban J connectivity index is 4.13. The van der Waals surface area contributed by atoms with Gasteiger partial charge in [-0.15, -0.1) is 0 Å². The van der Waals surface area contributed by atoms with Crippen LogP contribution in [0, 0.1) is 0 Å². The summed E-state index contributed by atoms with van der Waals surface area (Å²) in [4.78, 5) is 20.4. The molecule has 0 unspecified atom stereocenters. The second-order valence-corrected chi connectivity index (χ2v) is 2.55. The zero-order chi connectivity index (χ0) is 8.36. The Hall–Kier alpha value is -1.10. The van der Waals surface area contributed by atoms with Crippen LogP contribution in [0.15, 0.2) is 0 Å². The van der Waals surface area contributed by atoms with Crippen molar-refractivity contribution in [2.24, 2.45) is 5.73 Å². The molecule has 0 atom stereocenters. The second-order valence-electron chi connectivity index (χ2n) is 2.55. The molecule has 0 saturated heterocycles. The van der Waals surface area contributed by atoms with Crippen molar-refractivity contribution in [2.75, 3.05) is 20.6 Å². The van der Waals surface area contributed by atoms with Crippen LogP contribution in [0.1, 0.15) is 0 Å². The minimum absolute atomic E-state index is 0.387. The van der Waals surface area contributed by atoms with Crippen molar-refractivity contribution in [3.8, 4) is 0 Å². The third kappa shape index (κ3) is 2.45. The molecule has 0 bridgehead atoms. The molecular weight excluding hydrogens is 136 g/mol. The standard InChI is InChI=1S/C5H10N2O3/c1-7(2,5(6)10)3-4(8)9/h3H2,1-2H3,(H2-,6,8,9,10). The number of carboxylic acids is 1. The number of carboxylic acid groups (broad SMARTS) is 1. The summed E-state index contributed by atoms with van der Waals surface area (Å²) in [5, 5.41) is 9.98. The van der Waals surface area contributed by atoms with E-state index in [1.54, 1.807) is 0 Å². The second kappa shape index (κ2) is 2.66. The number of rotatable bonds is 2. The third-order valence-corrected chi connectivity index (χ3v) is 1.12. The number of hydrogen-bond acceptors (Lipinski definition) is 3. The van der Waals surface area contributed by atoms with Crippen LogP contribution in [0.4, 0.5) is 4.79 Å². The Morgan fingerprint density at radius 2 is 1.90 bits per heavy atom. The summed E-state index contributed by atoms with van der Waals surface area (Å²) in [6.07, 6.45) is 0. The summed E-state index contributed by atoms with van der Waals surface area (Å²) >= 11 is 0. The van der Waals surface area contributed by atoms with Crippen molar-refractivity contribution in [3.63, 3.8) is 0 Å². The average Bonchev–Trinajstić information content (AvgIpc) is 1.60. The summed E-state index contributed by atoms with van der Waals surface area (Å²) in [7, 11) is 2.80. The number of carbonyl (C=O) groups is 2. The molecule has 0 heterocycles. The first kappa shape index (κ1) is 8.90. The molecule has 2 N–H and O–H groups in total. The largest absolute Gasteiger partial charge is 0.544 e. The van der Waals surface area contributed by atoms with Crippen molar-refractivity contribution in [2.45, 2.75) is 0 Å². The molecule has 5 heteroatoms. The Kier molecular flexibility index (Phi) is 2.36. The molecule has 0 fully saturated rings. The van der Waals surface area contributed by atoms with Crippen molar-refractivity contribution < 1.29 is 19.2 Å². The monoisotopic (exact) mass is 146 g/mol. The lowest BCUT2D eigenvalue weighted by Gasteiger charge is -2.23. The van der Waals surface area contributed by atoms with Crippen LogP contribution in [0.5, 0.6) is 0 Å². The van der Waals surface area contributed by atoms with E-state index in [0.29, 0.717) is 0 Å². The maximum atomic E-state index is 10.5. The van der Waals surface area contributed by atoms with Gasteiger partial charge >= 0.3 is 6.03 Å². The van der Waals surface area contributed by atoms with E-state index in [1.165, 1.54) is 14.1 Å². The van der Waals surface area contributed by atoms with Gasteiger partial charge in [0.1, 0.15) is 6.54 Å². The molecule has 5 nitrogen and oxygen atoms in total. The number of aliphatic carboxylic acids is 1. The number of amides is 2. The summed E-state index contributed by atoms with van der Waals surface area (Å²) in [6, 6.07) is -0.691. The molecule has 10 heavy (non-hydrogen) atoms. The molecule has 0 aromatic rings. The quantitative estimate of drug-likeness (QED) is 0.452. The van der Waals surface area contributed by atoms with Gasteiger partial charge in [-0.2, -0.15) is 0 Å². The Labute approximate surface area is 58.6 Å². The van der Waals surface area contributed by atoms with Crippen LogP contribution < -0.4 is 10.8 Å². The molecule has 0 spiro atoms. The predicted molar refractivity (Wildman–Crippen MR) is 31.6 cm³/mol. The smallest absolute Gasteiger partial charge is 0.413 e. The highest BCUT2D eigenvalue weighted by Gasteiger charge is 2.22. The van der Waals surface area contributed by atoms with Gasteiger partial charge in [0.25, 0.3) is 0 Å². The summed E-state index contributed by atoms with van der Waals surface area (Å²) in [5.74, 6) is -1.29. The number of urea groups is 1. The van der Waals surface area contributed by atoms with Crippen LogP contribution in [0.3, 0.4) is 0 Å². The van der Waals surface area contributed by atoms with Crippen molar-refractivity contribution in [3.05, 3.63) is 0 Å². The maximum Gasteiger partial charge on any atom is 0.413 e. The molecule has 0 radical (unpaired) electrons. The van der Waals surface area contributed by atoms with E-state index in [1.807, 2.05) is 0 Å². The number of nitrogens with zero attached hydrogens (tertiary/aromatic N) is 1. The lowest BCUT2D eigenvalue weighted by Crippen LogP contribution is -2.54. The summed E-state index contributed by atoms with van der Waals surface area (Å²) in [6.45, 7) is -0.394. The van der Waals surface area contributed by atoms with Crippen LogP contribution >= 0.6 is 0 Å². The number of hydrogen-bond donors (Lipinski definition) is 1. The Morgan fingerprint density at radius 1 is 1.50 bits per heavy atom. The minimum Gasteiger partial charge on any atom is -0.544 e. The van der Waals surface area contributed by atoms with Gasteiger partial charge < -0.3 is 15.6 Å². The lowest BCUT2D eigenvalue weighted by atomic mass is 10.5. The fourth-order valence-electron chi connectivity index (χ4n) is 0.401.